The molecule has 0 aliphatic heterocycles. The Hall–Kier alpha value is -1.88. The van der Waals surface area contributed by atoms with Crippen LogP contribution in [0.4, 0.5) is 0 Å². The van der Waals surface area contributed by atoms with E-state index in [2.05, 4.69) is 5.32 Å². The van der Waals surface area contributed by atoms with Crippen molar-refractivity contribution in [3.63, 3.8) is 0 Å². The Balaban J connectivity index is 2.75. The molecule has 0 aliphatic carbocycles. The first-order valence-corrected chi connectivity index (χ1v) is 7.17. The molecule has 0 spiro atoms. The number of hydrogen-bond acceptors (Lipinski definition) is 4. The van der Waals surface area contributed by atoms with Crippen LogP contribution < -0.4 is 11.1 Å². The van der Waals surface area contributed by atoms with Gasteiger partial charge in [0.2, 0.25) is 5.91 Å². The first-order chi connectivity index (χ1) is 9.99. The second-order valence-electron chi connectivity index (χ2n) is 5.19. The molecule has 1 rings (SSSR count). The minimum absolute atomic E-state index is 0.0556. The van der Waals surface area contributed by atoms with Crippen LogP contribution in [0.1, 0.15) is 25.8 Å². The zero-order valence-corrected chi connectivity index (χ0v) is 12.8. The van der Waals surface area contributed by atoms with Gasteiger partial charge in [-0.25, -0.2) is 4.79 Å². The standard InChI is InChI=1S/C16H24N2O3/c1-4-11(2)14(17)15(19)18-13(16(20)21-3)10-12-8-6-5-7-9-12/h5-9,11,13-14H,4,10,17H2,1-3H3,(H,18,19)/t11-,13?,14-/m0/s1. The molecule has 0 saturated heterocycles. The second-order valence-corrected chi connectivity index (χ2v) is 5.19. The number of ether oxygens (including phenoxy) is 1. The van der Waals surface area contributed by atoms with Gasteiger partial charge in [0.15, 0.2) is 0 Å². The molecule has 0 heterocycles. The van der Waals surface area contributed by atoms with E-state index in [1.165, 1.54) is 7.11 Å². The molecule has 0 bridgehead atoms. The fourth-order valence-corrected chi connectivity index (χ4v) is 1.97. The third kappa shape index (κ3) is 5.19. The summed E-state index contributed by atoms with van der Waals surface area (Å²) in [6.07, 6.45) is 1.18. The fourth-order valence-electron chi connectivity index (χ4n) is 1.97. The number of nitrogens with two attached hydrogens (primary N) is 1. The van der Waals surface area contributed by atoms with Gasteiger partial charge in [-0.3, -0.25) is 4.79 Å². The third-order valence-corrected chi connectivity index (χ3v) is 3.64. The molecule has 5 heteroatoms. The van der Waals surface area contributed by atoms with Crippen molar-refractivity contribution in [2.24, 2.45) is 11.7 Å². The van der Waals surface area contributed by atoms with Crippen LogP contribution in [0.3, 0.4) is 0 Å². The van der Waals surface area contributed by atoms with Crippen molar-refractivity contribution in [2.45, 2.75) is 38.8 Å². The Kier molecular flexibility index (Phi) is 6.88. The van der Waals surface area contributed by atoms with Gasteiger partial charge in [-0.05, 0) is 11.5 Å². The van der Waals surface area contributed by atoms with Crippen LogP contribution in [0.25, 0.3) is 0 Å². The fraction of sp³-hybridized carbons (Fsp3) is 0.500. The Labute approximate surface area is 125 Å². The number of methoxy groups -OCH3 is 1. The largest absolute Gasteiger partial charge is 0.467 e. The van der Waals surface area contributed by atoms with Gasteiger partial charge in [-0.15, -0.1) is 0 Å². The van der Waals surface area contributed by atoms with Crippen molar-refractivity contribution in [2.75, 3.05) is 7.11 Å². The van der Waals surface area contributed by atoms with Gasteiger partial charge in [0.05, 0.1) is 13.2 Å². The van der Waals surface area contributed by atoms with E-state index in [0.29, 0.717) is 6.42 Å². The zero-order chi connectivity index (χ0) is 15.8. The van der Waals surface area contributed by atoms with Gasteiger partial charge >= 0.3 is 5.97 Å². The number of rotatable bonds is 7. The molecule has 1 amide bonds. The first-order valence-electron chi connectivity index (χ1n) is 7.17. The zero-order valence-electron chi connectivity index (χ0n) is 12.8. The van der Waals surface area contributed by atoms with Gasteiger partial charge in [0, 0.05) is 6.42 Å². The highest BCUT2D eigenvalue weighted by molar-refractivity contribution is 5.87. The molecule has 21 heavy (non-hydrogen) atoms. The summed E-state index contributed by atoms with van der Waals surface area (Å²) in [7, 11) is 1.31. The number of hydrogen-bond donors (Lipinski definition) is 2. The highest BCUT2D eigenvalue weighted by Crippen LogP contribution is 2.08. The normalized spacial score (nSPS) is 14.9. The Bertz CT molecular complexity index is 462. The molecule has 0 aliphatic rings. The van der Waals surface area contributed by atoms with Crippen molar-refractivity contribution in [1.82, 2.24) is 5.32 Å². The molecule has 1 unspecified atom stereocenters. The lowest BCUT2D eigenvalue weighted by Crippen LogP contribution is -2.51. The van der Waals surface area contributed by atoms with E-state index < -0.39 is 18.1 Å². The van der Waals surface area contributed by atoms with Crippen molar-refractivity contribution in [3.05, 3.63) is 35.9 Å². The van der Waals surface area contributed by atoms with Gasteiger partial charge in [-0.1, -0.05) is 50.6 Å². The van der Waals surface area contributed by atoms with E-state index >= 15 is 0 Å². The summed E-state index contributed by atoms with van der Waals surface area (Å²) in [6.45, 7) is 3.88. The topological polar surface area (TPSA) is 81.4 Å². The molecule has 1 aromatic rings. The van der Waals surface area contributed by atoms with E-state index in [1.807, 2.05) is 44.2 Å². The molecule has 0 saturated carbocycles. The molecular formula is C16H24N2O3. The van der Waals surface area contributed by atoms with Gasteiger partial charge < -0.3 is 15.8 Å². The van der Waals surface area contributed by atoms with Crippen LogP contribution in [-0.4, -0.2) is 31.1 Å². The monoisotopic (exact) mass is 292 g/mol. The maximum absolute atomic E-state index is 12.1. The number of carbonyl (C=O) groups is 2. The van der Waals surface area contributed by atoms with Crippen LogP contribution in [0.2, 0.25) is 0 Å². The summed E-state index contributed by atoms with van der Waals surface area (Å²) >= 11 is 0. The molecule has 116 valence electrons. The lowest BCUT2D eigenvalue weighted by molar-refractivity contribution is -0.145. The van der Waals surface area contributed by atoms with Crippen molar-refractivity contribution in [3.8, 4) is 0 Å². The number of esters is 1. The Morgan fingerprint density at radius 2 is 1.90 bits per heavy atom. The average Bonchev–Trinajstić information content (AvgIpc) is 2.52. The Morgan fingerprint density at radius 3 is 2.43 bits per heavy atom. The number of amides is 1. The lowest BCUT2D eigenvalue weighted by atomic mass is 9.98. The van der Waals surface area contributed by atoms with Crippen LogP contribution in [0.15, 0.2) is 30.3 Å². The highest BCUT2D eigenvalue weighted by Gasteiger charge is 2.26. The first kappa shape index (κ1) is 17.2. The van der Waals surface area contributed by atoms with Crippen LogP contribution >= 0.6 is 0 Å². The third-order valence-electron chi connectivity index (χ3n) is 3.64. The second kappa shape index (κ2) is 8.42. The van der Waals surface area contributed by atoms with E-state index in [4.69, 9.17) is 10.5 Å². The van der Waals surface area contributed by atoms with Crippen LogP contribution in [0.5, 0.6) is 0 Å². The van der Waals surface area contributed by atoms with Crippen molar-refractivity contribution >= 4 is 11.9 Å². The quantitative estimate of drug-likeness (QED) is 0.741. The minimum atomic E-state index is -0.722. The van der Waals surface area contributed by atoms with Crippen LogP contribution in [0, 0.1) is 5.92 Å². The molecule has 5 nitrogen and oxygen atoms in total. The SMILES string of the molecule is CC[C@H](C)[C@H](N)C(=O)NC(Cc1ccccc1)C(=O)OC. The number of carbonyl (C=O) groups excluding carboxylic acids is 2. The summed E-state index contributed by atoms with van der Waals surface area (Å²) in [5.74, 6) is -0.737. The lowest BCUT2D eigenvalue weighted by Gasteiger charge is -2.22. The van der Waals surface area contributed by atoms with Gasteiger partial charge in [0.1, 0.15) is 6.04 Å². The van der Waals surface area contributed by atoms with E-state index in [9.17, 15) is 9.59 Å². The molecule has 0 aromatic heterocycles. The number of nitrogens with one attached hydrogen (secondary N) is 1. The van der Waals surface area contributed by atoms with Crippen molar-refractivity contribution in [1.29, 1.82) is 0 Å². The summed E-state index contributed by atoms with van der Waals surface area (Å²) in [6, 6.07) is 8.12. The van der Waals surface area contributed by atoms with Gasteiger partial charge in [0.25, 0.3) is 0 Å². The minimum Gasteiger partial charge on any atom is -0.467 e. The molecule has 0 radical (unpaired) electrons. The van der Waals surface area contributed by atoms with E-state index in [1.54, 1.807) is 0 Å². The maximum Gasteiger partial charge on any atom is 0.328 e. The van der Waals surface area contributed by atoms with Crippen LogP contribution in [-0.2, 0) is 20.7 Å². The van der Waals surface area contributed by atoms with Gasteiger partial charge in [-0.2, -0.15) is 0 Å². The molecular weight excluding hydrogens is 268 g/mol. The molecule has 1 aromatic carbocycles. The summed E-state index contributed by atoms with van der Waals surface area (Å²) in [5.41, 5.74) is 6.84. The van der Waals surface area contributed by atoms with E-state index in [-0.39, 0.29) is 11.8 Å². The molecule has 3 N–H and O–H groups in total. The predicted octanol–water partition coefficient (Wildman–Crippen LogP) is 1.26. The predicted molar refractivity (Wildman–Crippen MR) is 81.5 cm³/mol. The average molecular weight is 292 g/mol. The van der Waals surface area contributed by atoms with E-state index in [0.717, 1.165) is 12.0 Å². The molecule has 3 atom stereocenters. The Morgan fingerprint density at radius 1 is 1.29 bits per heavy atom. The summed E-state index contributed by atoms with van der Waals surface area (Å²) in [4.78, 5) is 24.0. The van der Waals surface area contributed by atoms with Crippen molar-refractivity contribution < 1.29 is 14.3 Å². The number of benzene rings is 1. The highest BCUT2D eigenvalue weighted by atomic mass is 16.5. The summed E-state index contributed by atoms with van der Waals surface area (Å²) < 4.78 is 4.76. The smallest absolute Gasteiger partial charge is 0.328 e. The molecule has 0 fully saturated rings. The maximum atomic E-state index is 12.1. The summed E-state index contributed by atoms with van der Waals surface area (Å²) in [5, 5.41) is 2.69.